The van der Waals surface area contributed by atoms with E-state index >= 15 is 0 Å². The van der Waals surface area contributed by atoms with Gasteiger partial charge in [0.15, 0.2) is 0 Å². The van der Waals surface area contributed by atoms with Gasteiger partial charge < -0.3 is 9.30 Å². The van der Waals surface area contributed by atoms with Crippen molar-refractivity contribution in [3.8, 4) is 17.0 Å². The van der Waals surface area contributed by atoms with Crippen LogP contribution in [0.3, 0.4) is 0 Å². The molecule has 0 saturated carbocycles. The molecule has 2 aromatic heterocycles. The zero-order valence-electron chi connectivity index (χ0n) is 12.6. The van der Waals surface area contributed by atoms with Gasteiger partial charge in [-0.15, -0.1) is 0 Å². The van der Waals surface area contributed by atoms with E-state index in [1.807, 2.05) is 25.1 Å². The molecule has 4 nitrogen and oxygen atoms in total. The van der Waals surface area contributed by atoms with E-state index in [2.05, 4.69) is 33.7 Å². The van der Waals surface area contributed by atoms with Crippen LogP contribution in [0, 0.1) is 6.92 Å². The Bertz CT molecular complexity index is 777. The topological polar surface area (TPSA) is 39.9 Å². The highest BCUT2D eigenvalue weighted by Crippen LogP contribution is 2.34. The summed E-state index contributed by atoms with van der Waals surface area (Å²) in [5.41, 5.74) is 3.21. The molecule has 0 aliphatic rings. The van der Waals surface area contributed by atoms with Crippen molar-refractivity contribution in [3.63, 3.8) is 0 Å². The maximum Gasteiger partial charge on any atom is 0.143 e. The van der Waals surface area contributed by atoms with E-state index in [0.29, 0.717) is 0 Å². The molecule has 0 atom stereocenters. The van der Waals surface area contributed by atoms with E-state index < -0.39 is 0 Å². The van der Waals surface area contributed by atoms with Gasteiger partial charge >= 0.3 is 0 Å². The first-order valence-corrected chi connectivity index (χ1v) is 7.20. The minimum atomic E-state index is 0.784. The van der Waals surface area contributed by atoms with E-state index in [1.165, 1.54) is 5.39 Å². The van der Waals surface area contributed by atoms with Crippen LogP contribution in [0.4, 0.5) is 0 Å². The van der Waals surface area contributed by atoms with Crippen molar-refractivity contribution < 1.29 is 4.74 Å². The largest absolute Gasteiger partial charge is 0.495 e. The third-order valence-electron chi connectivity index (χ3n) is 3.60. The molecule has 0 spiro atoms. The highest BCUT2D eigenvalue weighted by atomic mass is 16.5. The van der Waals surface area contributed by atoms with Crippen LogP contribution in [-0.4, -0.2) is 21.6 Å². The third-order valence-corrected chi connectivity index (χ3v) is 3.60. The van der Waals surface area contributed by atoms with Gasteiger partial charge in [-0.25, -0.2) is 9.97 Å². The molecular formula is C17H19N3O. The second-order valence-corrected chi connectivity index (χ2v) is 5.08. The second kappa shape index (κ2) is 5.56. The monoisotopic (exact) mass is 281 g/mol. The Hall–Kier alpha value is -2.36. The number of aryl methyl sites for hydroxylation is 2. The van der Waals surface area contributed by atoms with Crippen LogP contribution >= 0.6 is 0 Å². The Kier molecular flexibility index (Phi) is 3.60. The average molecular weight is 281 g/mol. The molecule has 108 valence electrons. The number of rotatable bonds is 4. The quantitative estimate of drug-likeness (QED) is 0.729. The molecule has 0 fully saturated rings. The maximum atomic E-state index is 5.53. The standard InChI is InChI=1S/C17H19N3O/c1-4-10-20-11-14(15-8-9-18-12(2)19-15)13-6-5-7-16(21-3)17(13)20/h5-9,11H,4,10H2,1-3H3. The van der Waals surface area contributed by atoms with Gasteiger partial charge in [0.1, 0.15) is 11.6 Å². The van der Waals surface area contributed by atoms with Gasteiger partial charge in [0, 0.05) is 29.9 Å². The van der Waals surface area contributed by atoms with E-state index in [1.54, 1.807) is 13.3 Å². The number of hydrogen-bond donors (Lipinski definition) is 0. The molecule has 0 aliphatic carbocycles. The number of ether oxygens (including phenoxy) is 1. The Labute approximate surface area is 124 Å². The average Bonchev–Trinajstić information content (AvgIpc) is 2.87. The van der Waals surface area contributed by atoms with Gasteiger partial charge in [-0.05, 0) is 25.5 Å². The summed E-state index contributed by atoms with van der Waals surface area (Å²) in [6.07, 6.45) is 5.05. The zero-order valence-corrected chi connectivity index (χ0v) is 12.6. The summed E-state index contributed by atoms with van der Waals surface area (Å²) in [4.78, 5) is 8.74. The van der Waals surface area contributed by atoms with Gasteiger partial charge in [0.2, 0.25) is 0 Å². The fourth-order valence-electron chi connectivity index (χ4n) is 2.72. The highest BCUT2D eigenvalue weighted by Gasteiger charge is 2.14. The first kappa shape index (κ1) is 13.6. The van der Waals surface area contributed by atoms with Gasteiger partial charge in [-0.2, -0.15) is 0 Å². The first-order valence-electron chi connectivity index (χ1n) is 7.20. The second-order valence-electron chi connectivity index (χ2n) is 5.08. The first-order chi connectivity index (χ1) is 10.2. The molecular weight excluding hydrogens is 262 g/mol. The Balaban J connectivity index is 2.29. The molecule has 0 bridgehead atoms. The van der Waals surface area contributed by atoms with E-state index in [-0.39, 0.29) is 0 Å². The number of aromatic nitrogens is 3. The van der Waals surface area contributed by atoms with Crippen molar-refractivity contribution in [2.75, 3.05) is 7.11 Å². The summed E-state index contributed by atoms with van der Waals surface area (Å²) < 4.78 is 7.78. The lowest BCUT2D eigenvalue weighted by Crippen LogP contribution is -1.96. The third kappa shape index (κ3) is 2.37. The molecule has 21 heavy (non-hydrogen) atoms. The molecule has 0 amide bonds. The van der Waals surface area contributed by atoms with E-state index in [9.17, 15) is 0 Å². The lowest BCUT2D eigenvalue weighted by atomic mass is 10.1. The molecule has 0 saturated heterocycles. The zero-order chi connectivity index (χ0) is 14.8. The van der Waals surface area contributed by atoms with Crippen LogP contribution in [-0.2, 0) is 6.54 Å². The summed E-state index contributed by atoms with van der Waals surface area (Å²) in [5.74, 6) is 1.68. The molecule has 4 heteroatoms. The van der Waals surface area contributed by atoms with Gasteiger partial charge in [0.25, 0.3) is 0 Å². The van der Waals surface area contributed by atoms with Crippen molar-refractivity contribution in [3.05, 3.63) is 42.5 Å². The SMILES string of the molecule is CCCn1cc(-c2ccnc(C)n2)c2cccc(OC)c21. The molecule has 0 radical (unpaired) electrons. The highest BCUT2D eigenvalue weighted by molar-refractivity contribution is 5.98. The number of fused-ring (bicyclic) bond motifs is 1. The fourth-order valence-corrected chi connectivity index (χ4v) is 2.72. The minimum Gasteiger partial charge on any atom is -0.495 e. The molecule has 2 heterocycles. The van der Waals surface area contributed by atoms with Gasteiger partial charge in [-0.1, -0.05) is 19.1 Å². The van der Waals surface area contributed by atoms with Crippen molar-refractivity contribution in [1.82, 2.24) is 14.5 Å². The minimum absolute atomic E-state index is 0.784. The fraction of sp³-hybridized carbons (Fsp3) is 0.294. The van der Waals surface area contributed by atoms with E-state index in [4.69, 9.17) is 4.74 Å². The number of para-hydroxylation sites is 1. The van der Waals surface area contributed by atoms with Gasteiger partial charge in [0.05, 0.1) is 18.3 Å². The Morgan fingerprint density at radius 3 is 2.81 bits per heavy atom. The lowest BCUT2D eigenvalue weighted by molar-refractivity contribution is 0.417. The smallest absolute Gasteiger partial charge is 0.143 e. The van der Waals surface area contributed by atoms with E-state index in [0.717, 1.165) is 41.3 Å². The van der Waals surface area contributed by atoms with Crippen molar-refractivity contribution in [2.24, 2.45) is 0 Å². The van der Waals surface area contributed by atoms with Crippen LogP contribution in [0.1, 0.15) is 19.2 Å². The van der Waals surface area contributed by atoms with Crippen LogP contribution in [0.2, 0.25) is 0 Å². The van der Waals surface area contributed by atoms with Gasteiger partial charge in [-0.3, -0.25) is 0 Å². The molecule has 3 rings (SSSR count). The predicted molar refractivity (Wildman–Crippen MR) is 84.5 cm³/mol. The number of benzene rings is 1. The number of nitrogens with zero attached hydrogens (tertiary/aromatic N) is 3. The van der Waals surface area contributed by atoms with Crippen molar-refractivity contribution in [1.29, 1.82) is 0 Å². The maximum absolute atomic E-state index is 5.53. The molecule has 0 aliphatic heterocycles. The van der Waals surface area contributed by atoms with Crippen LogP contribution in [0.15, 0.2) is 36.7 Å². The number of methoxy groups -OCH3 is 1. The summed E-state index contributed by atoms with van der Waals surface area (Å²) in [7, 11) is 1.71. The lowest BCUT2D eigenvalue weighted by Gasteiger charge is -2.07. The molecule has 3 aromatic rings. The molecule has 0 unspecified atom stereocenters. The summed E-state index contributed by atoms with van der Waals surface area (Å²) >= 11 is 0. The summed E-state index contributed by atoms with van der Waals surface area (Å²) in [6.45, 7) is 5.05. The summed E-state index contributed by atoms with van der Waals surface area (Å²) in [5, 5.41) is 1.17. The Morgan fingerprint density at radius 2 is 2.10 bits per heavy atom. The Morgan fingerprint density at radius 1 is 1.24 bits per heavy atom. The van der Waals surface area contributed by atoms with Crippen molar-refractivity contribution in [2.45, 2.75) is 26.8 Å². The molecule has 0 N–H and O–H groups in total. The van der Waals surface area contributed by atoms with Crippen molar-refractivity contribution >= 4 is 10.9 Å². The summed E-state index contributed by atoms with van der Waals surface area (Å²) in [6, 6.07) is 8.10. The van der Waals surface area contributed by atoms with Crippen LogP contribution in [0.5, 0.6) is 5.75 Å². The van der Waals surface area contributed by atoms with Crippen LogP contribution < -0.4 is 4.74 Å². The number of hydrogen-bond acceptors (Lipinski definition) is 3. The molecule has 1 aromatic carbocycles. The normalized spacial score (nSPS) is 11.0. The predicted octanol–water partition coefficient (Wildman–Crippen LogP) is 3.83. The van der Waals surface area contributed by atoms with Crippen LogP contribution in [0.25, 0.3) is 22.2 Å².